The van der Waals surface area contributed by atoms with Gasteiger partial charge in [0, 0.05) is 6.92 Å². The highest BCUT2D eigenvalue weighted by molar-refractivity contribution is 5.77. The fourth-order valence-electron chi connectivity index (χ4n) is 1.43. The van der Waals surface area contributed by atoms with Crippen LogP contribution in [0.4, 0.5) is 4.39 Å². The second kappa shape index (κ2) is 6.62. The lowest BCUT2D eigenvalue weighted by Gasteiger charge is -2.11. The number of halogens is 1. The highest BCUT2D eigenvalue weighted by atomic mass is 19.1. The Morgan fingerprint density at radius 2 is 2.12 bits per heavy atom. The van der Waals surface area contributed by atoms with Crippen LogP contribution in [0.2, 0.25) is 0 Å². The van der Waals surface area contributed by atoms with Gasteiger partial charge in [-0.15, -0.1) is 0 Å². The molecule has 0 bridgehead atoms. The van der Waals surface area contributed by atoms with Crippen LogP contribution < -0.4 is 10.1 Å². The van der Waals surface area contributed by atoms with Crippen LogP contribution in [0.15, 0.2) is 24.3 Å². The summed E-state index contributed by atoms with van der Waals surface area (Å²) in [7, 11) is 0. The largest absolute Gasteiger partial charge is 0.463 e. The summed E-state index contributed by atoms with van der Waals surface area (Å²) in [6.07, 6.45) is 1.09. The fraction of sp³-hybridized carbons (Fsp3) is 0.333. The zero-order valence-electron chi connectivity index (χ0n) is 9.48. The standard InChI is InChI=1S/C12H14FNO3/c1-9(16)14-11(7-15)6-10-2-4-12(5-3-10)17-8-13/h2-5,7,11H,6,8H2,1H3,(H,14,16). The SMILES string of the molecule is CC(=O)NC(C=O)Cc1ccc(OCF)cc1. The Morgan fingerprint density at radius 3 is 2.59 bits per heavy atom. The van der Waals surface area contributed by atoms with Crippen LogP contribution in [0.3, 0.4) is 0 Å². The summed E-state index contributed by atoms with van der Waals surface area (Å²) in [5, 5.41) is 2.52. The van der Waals surface area contributed by atoms with Gasteiger partial charge in [-0.1, -0.05) is 12.1 Å². The predicted octanol–water partition coefficient (Wildman–Crippen LogP) is 1.24. The Balaban J connectivity index is 2.60. The Hall–Kier alpha value is -1.91. The molecular formula is C12H14FNO3. The molecule has 17 heavy (non-hydrogen) atoms. The zero-order chi connectivity index (χ0) is 12.7. The molecule has 1 unspecified atom stereocenters. The summed E-state index contributed by atoms with van der Waals surface area (Å²) in [6, 6.07) is 6.14. The third kappa shape index (κ3) is 4.63. The Labute approximate surface area is 98.8 Å². The summed E-state index contributed by atoms with van der Waals surface area (Å²) >= 11 is 0. The third-order valence-electron chi connectivity index (χ3n) is 2.15. The van der Waals surface area contributed by atoms with E-state index in [1.165, 1.54) is 6.92 Å². The Bertz CT molecular complexity index is 378. The molecule has 0 aliphatic heterocycles. The van der Waals surface area contributed by atoms with Gasteiger partial charge >= 0.3 is 0 Å². The normalized spacial score (nSPS) is 11.6. The average Bonchev–Trinajstić information content (AvgIpc) is 2.30. The third-order valence-corrected chi connectivity index (χ3v) is 2.15. The summed E-state index contributed by atoms with van der Waals surface area (Å²) in [5.74, 6) is 0.179. The smallest absolute Gasteiger partial charge is 0.228 e. The maximum atomic E-state index is 11.9. The number of hydrogen-bond donors (Lipinski definition) is 1. The van der Waals surface area contributed by atoms with Crippen LogP contribution in [0.25, 0.3) is 0 Å². The van der Waals surface area contributed by atoms with E-state index in [-0.39, 0.29) is 5.91 Å². The first-order valence-corrected chi connectivity index (χ1v) is 5.16. The second-order valence-electron chi connectivity index (χ2n) is 3.54. The molecule has 1 aromatic carbocycles. The first-order chi connectivity index (χ1) is 8.15. The van der Waals surface area contributed by atoms with Crippen molar-refractivity contribution in [2.24, 2.45) is 0 Å². The van der Waals surface area contributed by atoms with E-state index in [0.29, 0.717) is 18.5 Å². The highest BCUT2D eigenvalue weighted by Gasteiger charge is 2.09. The maximum absolute atomic E-state index is 11.9. The van der Waals surface area contributed by atoms with E-state index in [0.717, 1.165) is 5.56 Å². The van der Waals surface area contributed by atoms with Crippen molar-refractivity contribution >= 4 is 12.2 Å². The van der Waals surface area contributed by atoms with Crippen molar-refractivity contribution in [2.75, 3.05) is 6.86 Å². The maximum Gasteiger partial charge on any atom is 0.228 e. The van der Waals surface area contributed by atoms with Gasteiger partial charge in [-0.2, -0.15) is 0 Å². The van der Waals surface area contributed by atoms with Gasteiger partial charge in [-0.05, 0) is 24.1 Å². The number of hydrogen-bond acceptors (Lipinski definition) is 3. The number of carbonyl (C=O) groups excluding carboxylic acids is 2. The Morgan fingerprint density at radius 1 is 1.47 bits per heavy atom. The molecule has 0 radical (unpaired) electrons. The minimum atomic E-state index is -0.873. The molecule has 0 aliphatic rings. The highest BCUT2D eigenvalue weighted by Crippen LogP contribution is 2.13. The van der Waals surface area contributed by atoms with E-state index in [1.807, 2.05) is 0 Å². The molecule has 1 N–H and O–H groups in total. The van der Waals surface area contributed by atoms with Crippen molar-refractivity contribution in [3.05, 3.63) is 29.8 Å². The summed E-state index contributed by atoms with van der Waals surface area (Å²) in [6.45, 7) is 0.483. The number of amides is 1. The van der Waals surface area contributed by atoms with Crippen molar-refractivity contribution < 1.29 is 18.7 Å². The zero-order valence-corrected chi connectivity index (χ0v) is 9.48. The molecule has 92 valence electrons. The average molecular weight is 239 g/mol. The molecular weight excluding hydrogens is 225 g/mol. The van der Waals surface area contributed by atoms with E-state index in [9.17, 15) is 14.0 Å². The van der Waals surface area contributed by atoms with Crippen molar-refractivity contribution in [3.8, 4) is 5.75 Å². The molecule has 0 fully saturated rings. The van der Waals surface area contributed by atoms with E-state index in [2.05, 4.69) is 10.1 Å². The topological polar surface area (TPSA) is 55.4 Å². The molecule has 0 spiro atoms. The van der Waals surface area contributed by atoms with Crippen LogP contribution in [0.1, 0.15) is 12.5 Å². The van der Waals surface area contributed by atoms with Crippen LogP contribution in [-0.4, -0.2) is 25.1 Å². The molecule has 4 nitrogen and oxygen atoms in total. The molecule has 0 aliphatic carbocycles. The molecule has 0 heterocycles. The minimum absolute atomic E-state index is 0.250. The number of alkyl halides is 1. The van der Waals surface area contributed by atoms with Gasteiger partial charge < -0.3 is 14.8 Å². The van der Waals surface area contributed by atoms with E-state index in [4.69, 9.17) is 0 Å². The van der Waals surface area contributed by atoms with Crippen molar-refractivity contribution in [1.29, 1.82) is 0 Å². The van der Waals surface area contributed by atoms with E-state index in [1.54, 1.807) is 24.3 Å². The first-order valence-electron chi connectivity index (χ1n) is 5.16. The summed E-state index contributed by atoms with van der Waals surface area (Å²) < 4.78 is 16.5. The van der Waals surface area contributed by atoms with Gasteiger partial charge in [0.1, 0.15) is 12.0 Å². The van der Waals surface area contributed by atoms with Gasteiger partial charge in [0.15, 0.2) is 0 Å². The summed E-state index contributed by atoms with van der Waals surface area (Å²) in [4.78, 5) is 21.5. The summed E-state index contributed by atoms with van der Waals surface area (Å²) in [5.41, 5.74) is 0.863. The number of rotatable bonds is 6. The molecule has 5 heteroatoms. The van der Waals surface area contributed by atoms with Gasteiger partial charge in [-0.3, -0.25) is 4.79 Å². The Kier molecular flexibility index (Phi) is 5.13. The lowest BCUT2D eigenvalue weighted by atomic mass is 10.1. The molecule has 0 saturated carbocycles. The number of aldehydes is 1. The molecule has 1 amide bonds. The van der Waals surface area contributed by atoms with Crippen LogP contribution in [0.5, 0.6) is 5.75 Å². The van der Waals surface area contributed by atoms with Gasteiger partial charge in [0.05, 0.1) is 6.04 Å². The van der Waals surface area contributed by atoms with Gasteiger partial charge in [0.25, 0.3) is 0 Å². The van der Waals surface area contributed by atoms with Gasteiger partial charge in [0.2, 0.25) is 12.8 Å². The number of ether oxygens (including phenoxy) is 1. The lowest BCUT2D eigenvalue weighted by molar-refractivity contribution is -0.122. The number of carbonyl (C=O) groups is 2. The van der Waals surface area contributed by atoms with E-state index >= 15 is 0 Å². The van der Waals surface area contributed by atoms with Crippen LogP contribution >= 0.6 is 0 Å². The molecule has 0 aromatic heterocycles. The molecule has 1 rings (SSSR count). The molecule has 0 saturated heterocycles. The lowest BCUT2D eigenvalue weighted by Crippen LogP contribution is -2.35. The van der Waals surface area contributed by atoms with Crippen molar-refractivity contribution in [2.45, 2.75) is 19.4 Å². The number of nitrogens with one attached hydrogen (secondary N) is 1. The monoisotopic (exact) mass is 239 g/mol. The molecule has 1 atom stereocenters. The van der Waals surface area contributed by atoms with Crippen molar-refractivity contribution in [3.63, 3.8) is 0 Å². The van der Waals surface area contributed by atoms with Gasteiger partial charge in [-0.25, -0.2) is 4.39 Å². The van der Waals surface area contributed by atoms with E-state index < -0.39 is 12.9 Å². The minimum Gasteiger partial charge on any atom is -0.463 e. The fourth-order valence-corrected chi connectivity index (χ4v) is 1.43. The van der Waals surface area contributed by atoms with Crippen LogP contribution in [-0.2, 0) is 16.0 Å². The molecule has 1 aromatic rings. The number of benzene rings is 1. The van der Waals surface area contributed by atoms with Crippen molar-refractivity contribution in [1.82, 2.24) is 5.32 Å². The first kappa shape index (κ1) is 13.2. The quantitative estimate of drug-likeness (QED) is 0.760. The van der Waals surface area contributed by atoms with Crippen LogP contribution in [0, 0.1) is 0 Å². The predicted molar refractivity (Wildman–Crippen MR) is 60.4 cm³/mol. The second-order valence-corrected chi connectivity index (χ2v) is 3.54.